The van der Waals surface area contributed by atoms with Crippen LogP contribution in [0.1, 0.15) is 20.3 Å². The fourth-order valence-electron chi connectivity index (χ4n) is 0.936. The van der Waals surface area contributed by atoms with Gasteiger partial charge in [0.2, 0.25) is 5.91 Å². The van der Waals surface area contributed by atoms with E-state index in [1.807, 2.05) is 6.92 Å². The molecule has 0 spiro atoms. The van der Waals surface area contributed by atoms with E-state index in [4.69, 9.17) is 0 Å². The SMILES string of the molecule is CCC(C)NCC(=O)Nc1cn[nH]c1. The number of aromatic amines is 1. The predicted octanol–water partition coefficient (Wildman–Crippen LogP) is 0.736. The lowest BCUT2D eigenvalue weighted by Crippen LogP contribution is -2.33. The van der Waals surface area contributed by atoms with E-state index in [0.717, 1.165) is 6.42 Å². The Hall–Kier alpha value is -1.36. The Morgan fingerprint density at radius 3 is 3.07 bits per heavy atom. The second kappa shape index (κ2) is 5.39. The number of hydrogen-bond acceptors (Lipinski definition) is 3. The van der Waals surface area contributed by atoms with Crippen LogP contribution in [0.5, 0.6) is 0 Å². The molecule has 0 aliphatic heterocycles. The molecule has 14 heavy (non-hydrogen) atoms. The highest BCUT2D eigenvalue weighted by atomic mass is 16.1. The first-order valence-corrected chi connectivity index (χ1v) is 4.74. The first kappa shape index (κ1) is 10.7. The number of amides is 1. The van der Waals surface area contributed by atoms with Crippen LogP contribution in [-0.2, 0) is 4.79 Å². The Labute approximate surface area is 83.3 Å². The van der Waals surface area contributed by atoms with Crippen molar-refractivity contribution in [1.29, 1.82) is 0 Å². The van der Waals surface area contributed by atoms with Gasteiger partial charge in [-0.25, -0.2) is 0 Å². The molecule has 1 aromatic rings. The average molecular weight is 196 g/mol. The van der Waals surface area contributed by atoms with Crippen molar-refractivity contribution in [2.75, 3.05) is 11.9 Å². The molecule has 1 aromatic heterocycles. The Kier molecular flexibility index (Phi) is 4.12. The molecule has 0 aromatic carbocycles. The molecular weight excluding hydrogens is 180 g/mol. The minimum absolute atomic E-state index is 0.0494. The van der Waals surface area contributed by atoms with Crippen molar-refractivity contribution in [3.8, 4) is 0 Å². The van der Waals surface area contributed by atoms with E-state index < -0.39 is 0 Å². The third-order valence-corrected chi connectivity index (χ3v) is 2.01. The van der Waals surface area contributed by atoms with Crippen LogP contribution in [0, 0.1) is 0 Å². The van der Waals surface area contributed by atoms with Crippen LogP contribution in [0.2, 0.25) is 0 Å². The molecule has 1 rings (SSSR count). The van der Waals surface area contributed by atoms with Crippen molar-refractivity contribution in [3.63, 3.8) is 0 Å². The van der Waals surface area contributed by atoms with Gasteiger partial charge in [0.05, 0.1) is 18.4 Å². The van der Waals surface area contributed by atoms with Gasteiger partial charge in [0.15, 0.2) is 0 Å². The summed E-state index contributed by atoms with van der Waals surface area (Å²) >= 11 is 0. The van der Waals surface area contributed by atoms with Crippen molar-refractivity contribution in [3.05, 3.63) is 12.4 Å². The standard InChI is InChI=1S/C9H16N4O/c1-3-7(2)10-6-9(14)13-8-4-11-12-5-8/h4-5,7,10H,3,6H2,1-2H3,(H,11,12)(H,13,14). The van der Waals surface area contributed by atoms with E-state index in [2.05, 4.69) is 27.8 Å². The lowest BCUT2D eigenvalue weighted by molar-refractivity contribution is -0.115. The fourth-order valence-corrected chi connectivity index (χ4v) is 0.936. The zero-order chi connectivity index (χ0) is 10.4. The second-order valence-corrected chi connectivity index (χ2v) is 3.23. The van der Waals surface area contributed by atoms with Gasteiger partial charge in [0.25, 0.3) is 0 Å². The third kappa shape index (κ3) is 3.57. The maximum absolute atomic E-state index is 11.3. The monoisotopic (exact) mass is 196 g/mol. The molecule has 1 amide bonds. The number of anilines is 1. The van der Waals surface area contributed by atoms with Crippen molar-refractivity contribution < 1.29 is 4.79 Å². The van der Waals surface area contributed by atoms with E-state index in [1.165, 1.54) is 0 Å². The highest BCUT2D eigenvalue weighted by Gasteiger charge is 2.04. The topological polar surface area (TPSA) is 69.8 Å². The molecule has 5 heteroatoms. The lowest BCUT2D eigenvalue weighted by atomic mass is 10.2. The molecule has 0 radical (unpaired) electrons. The largest absolute Gasteiger partial charge is 0.322 e. The van der Waals surface area contributed by atoms with Crippen LogP contribution in [0.4, 0.5) is 5.69 Å². The Morgan fingerprint density at radius 2 is 2.50 bits per heavy atom. The van der Waals surface area contributed by atoms with Gasteiger partial charge in [0, 0.05) is 12.2 Å². The Balaban J connectivity index is 2.23. The molecule has 5 nitrogen and oxygen atoms in total. The van der Waals surface area contributed by atoms with Crippen LogP contribution in [0.25, 0.3) is 0 Å². The predicted molar refractivity (Wildman–Crippen MR) is 55.0 cm³/mol. The number of carbonyl (C=O) groups excluding carboxylic acids is 1. The van der Waals surface area contributed by atoms with Gasteiger partial charge in [0.1, 0.15) is 0 Å². The van der Waals surface area contributed by atoms with Crippen LogP contribution < -0.4 is 10.6 Å². The molecule has 0 aliphatic carbocycles. The number of aromatic nitrogens is 2. The molecule has 0 fully saturated rings. The van der Waals surface area contributed by atoms with Crippen molar-refractivity contribution in [2.45, 2.75) is 26.3 Å². The zero-order valence-electron chi connectivity index (χ0n) is 8.50. The number of nitrogens with zero attached hydrogens (tertiary/aromatic N) is 1. The molecular formula is C9H16N4O. The summed E-state index contributed by atoms with van der Waals surface area (Å²) in [5.41, 5.74) is 0.695. The summed E-state index contributed by atoms with van der Waals surface area (Å²) in [6.07, 6.45) is 4.22. The van der Waals surface area contributed by atoms with Crippen molar-refractivity contribution in [2.24, 2.45) is 0 Å². The van der Waals surface area contributed by atoms with Gasteiger partial charge >= 0.3 is 0 Å². The fraction of sp³-hybridized carbons (Fsp3) is 0.556. The summed E-state index contributed by atoms with van der Waals surface area (Å²) in [5.74, 6) is -0.0494. The molecule has 0 aliphatic rings. The molecule has 1 heterocycles. The minimum atomic E-state index is -0.0494. The van der Waals surface area contributed by atoms with E-state index >= 15 is 0 Å². The van der Waals surface area contributed by atoms with Crippen LogP contribution >= 0.6 is 0 Å². The van der Waals surface area contributed by atoms with E-state index in [1.54, 1.807) is 12.4 Å². The zero-order valence-corrected chi connectivity index (χ0v) is 8.50. The minimum Gasteiger partial charge on any atom is -0.322 e. The molecule has 0 saturated heterocycles. The number of hydrogen-bond donors (Lipinski definition) is 3. The van der Waals surface area contributed by atoms with Gasteiger partial charge in [-0.1, -0.05) is 6.92 Å². The quantitative estimate of drug-likeness (QED) is 0.650. The number of nitrogens with one attached hydrogen (secondary N) is 3. The summed E-state index contributed by atoms with van der Waals surface area (Å²) in [5, 5.41) is 12.2. The number of carbonyl (C=O) groups is 1. The summed E-state index contributed by atoms with van der Waals surface area (Å²) in [4.78, 5) is 11.3. The highest BCUT2D eigenvalue weighted by Crippen LogP contribution is 1.99. The smallest absolute Gasteiger partial charge is 0.238 e. The van der Waals surface area contributed by atoms with E-state index in [0.29, 0.717) is 18.3 Å². The second-order valence-electron chi connectivity index (χ2n) is 3.23. The van der Waals surface area contributed by atoms with Crippen molar-refractivity contribution in [1.82, 2.24) is 15.5 Å². The average Bonchev–Trinajstić information content (AvgIpc) is 2.66. The number of H-pyrrole nitrogens is 1. The summed E-state index contributed by atoms with van der Waals surface area (Å²) in [6.45, 7) is 4.46. The maximum Gasteiger partial charge on any atom is 0.238 e. The highest BCUT2D eigenvalue weighted by molar-refractivity contribution is 5.91. The first-order valence-electron chi connectivity index (χ1n) is 4.74. The molecule has 1 atom stereocenters. The van der Waals surface area contributed by atoms with Crippen LogP contribution in [-0.4, -0.2) is 28.7 Å². The molecule has 3 N–H and O–H groups in total. The van der Waals surface area contributed by atoms with Gasteiger partial charge in [-0.2, -0.15) is 5.10 Å². The van der Waals surface area contributed by atoms with Gasteiger partial charge in [-0.05, 0) is 13.3 Å². The van der Waals surface area contributed by atoms with Gasteiger partial charge < -0.3 is 10.6 Å². The first-order chi connectivity index (χ1) is 6.72. The third-order valence-electron chi connectivity index (χ3n) is 2.01. The van der Waals surface area contributed by atoms with Crippen LogP contribution in [0.3, 0.4) is 0 Å². The molecule has 1 unspecified atom stereocenters. The van der Waals surface area contributed by atoms with Gasteiger partial charge in [-0.15, -0.1) is 0 Å². The maximum atomic E-state index is 11.3. The van der Waals surface area contributed by atoms with E-state index in [9.17, 15) is 4.79 Å². The number of rotatable bonds is 5. The Morgan fingerprint density at radius 1 is 1.71 bits per heavy atom. The van der Waals surface area contributed by atoms with Gasteiger partial charge in [-0.3, -0.25) is 9.89 Å². The Bertz CT molecular complexity index is 270. The van der Waals surface area contributed by atoms with Crippen LogP contribution in [0.15, 0.2) is 12.4 Å². The molecule has 0 bridgehead atoms. The van der Waals surface area contributed by atoms with Crippen molar-refractivity contribution >= 4 is 11.6 Å². The molecule has 78 valence electrons. The normalized spacial score (nSPS) is 12.4. The van der Waals surface area contributed by atoms with E-state index in [-0.39, 0.29) is 5.91 Å². The molecule has 0 saturated carbocycles. The summed E-state index contributed by atoms with van der Waals surface area (Å²) in [7, 11) is 0. The summed E-state index contributed by atoms with van der Waals surface area (Å²) < 4.78 is 0. The lowest BCUT2D eigenvalue weighted by Gasteiger charge is -2.10. The summed E-state index contributed by atoms with van der Waals surface area (Å²) in [6, 6.07) is 0.366.